The average Bonchev–Trinajstić information content (AvgIpc) is 2.98. The largest absolute Gasteiger partial charge is 0.338 e. The number of hydrogen-bond acceptors (Lipinski definition) is 4. The molecule has 4 heteroatoms. The summed E-state index contributed by atoms with van der Waals surface area (Å²) in [4.78, 5) is 4.61. The molecule has 0 aromatic carbocycles. The minimum atomic E-state index is 0.167. The molecule has 1 aromatic rings. The Kier molecular flexibility index (Phi) is 2.46. The molecule has 1 aromatic heterocycles. The highest BCUT2D eigenvalue weighted by Gasteiger charge is 2.36. The predicted octanol–water partition coefficient (Wildman–Crippen LogP) is 2.33. The van der Waals surface area contributed by atoms with Crippen LogP contribution in [-0.2, 0) is 5.41 Å². The van der Waals surface area contributed by atoms with E-state index in [1.807, 2.05) is 0 Å². The molecule has 1 saturated heterocycles. The van der Waals surface area contributed by atoms with Gasteiger partial charge in [0.05, 0.1) is 6.04 Å². The van der Waals surface area contributed by atoms with Crippen molar-refractivity contribution in [1.82, 2.24) is 15.5 Å². The van der Waals surface area contributed by atoms with Gasteiger partial charge < -0.3 is 9.84 Å². The number of hydrogen-bond donors (Lipinski definition) is 1. The maximum atomic E-state index is 5.40. The molecule has 1 N–H and O–H groups in total. The van der Waals surface area contributed by atoms with Gasteiger partial charge in [-0.1, -0.05) is 24.9 Å². The first-order valence-corrected chi connectivity index (χ1v) is 6.35. The van der Waals surface area contributed by atoms with Crippen LogP contribution in [0.1, 0.15) is 63.2 Å². The molecule has 2 aliphatic rings. The highest BCUT2D eigenvalue weighted by atomic mass is 16.5. The number of aromatic nitrogens is 2. The highest BCUT2D eigenvalue weighted by Crippen LogP contribution is 2.39. The van der Waals surface area contributed by atoms with Gasteiger partial charge in [0.2, 0.25) is 5.89 Å². The zero-order chi connectivity index (χ0) is 11.0. The molecule has 2 heterocycles. The van der Waals surface area contributed by atoms with E-state index in [1.54, 1.807) is 0 Å². The molecule has 1 atom stereocenters. The maximum Gasteiger partial charge on any atom is 0.243 e. The van der Waals surface area contributed by atoms with Crippen LogP contribution in [0.2, 0.25) is 0 Å². The van der Waals surface area contributed by atoms with Crippen molar-refractivity contribution in [2.75, 3.05) is 6.54 Å². The van der Waals surface area contributed by atoms with Crippen molar-refractivity contribution in [3.63, 3.8) is 0 Å². The number of rotatable bonds is 2. The molecule has 0 radical (unpaired) electrons. The second-order valence-corrected chi connectivity index (χ2v) is 5.37. The topological polar surface area (TPSA) is 51.0 Å². The molecule has 0 amide bonds. The summed E-state index contributed by atoms with van der Waals surface area (Å²) in [6.07, 6.45) is 7.32. The van der Waals surface area contributed by atoms with E-state index in [-0.39, 0.29) is 5.41 Å². The first kappa shape index (κ1) is 10.3. The van der Waals surface area contributed by atoms with Gasteiger partial charge in [0.1, 0.15) is 0 Å². The molecule has 0 spiro atoms. The van der Waals surface area contributed by atoms with E-state index in [9.17, 15) is 0 Å². The molecule has 4 nitrogen and oxygen atoms in total. The Balaban J connectivity index is 1.81. The van der Waals surface area contributed by atoms with Crippen LogP contribution in [0.15, 0.2) is 4.52 Å². The zero-order valence-electron chi connectivity index (χ0n) is 9.83. The Morgan fingerprint density at radius 2 is 2.12 bits per heavy atom. The Morgan fingerprint density at radius 3 is 2.81 bits per heavy atom. The minimum absolute atomic E-state index is 0.167. The van der Waals surface area contributed by atoms with Crippen molar-refractivity contribution in [3.8, 4) is 0 Å². The Hall–Kier alpha value is -0.900. The van der Waals surface area contributed by atoms with Crippen molar-refractivity contribution in [3.05, 3.63) is 11.7 Å². The molecular weight excluding hydrogens is 202 g/mol. The second-order valence-electron chi connectivity index (χ2n) is 5.37. The molecule has 1 aliphatic heterocycles. The lowest BCUT2D eigenvalue weighted by Gasteiger charge is -2.17. The van der Waals surface area contributed by atoms with E-state index in [4.69, 9.17) is 4.52 Å². The van der Waals surface area contributed by atoms with Gasteiger partial charge in [-0.25, -0.2) is 0 Å². The van der Waals surface area contributed by atoms with Gasteiger partial charge in [0.25, 0.3) is 0 Å². The van der Waals surface area contributed by atoms with E-state index in [1.165, 1.54) is 32.1 Å². The third kappa shape index (κ3) is 1.65. The third-order valence-electron chi connectivity index (χ3n) is 4.05. The van der Waals surface area contributed by atoms with Crippen LogP contribution >= 0.6 is 0 Å². The number of nitrogens with zero attached hydrogens (tertiary/aromatic N) is 2. The Bertz CT molecular complexity index is 362. The van der Waals surface area contributed by atoms with Gasteiger partial charge in [-0.2, -0.15) is 4.98 Å². The molecule has 0 bridgehead atoms. The molecule has 1 unspecified atom stereocenters. The van der Waals surface area contributed by atoms with Gasteiger partial charge in [-0.15, -0.1) is 0 Å². The van der Waals surface area contributed by atoms with Crippen LogP contribution in [0.4, 0.5) is 0 Å². The first-order valence-electron chi connectivity index (χ1n) is 6.35. The summed E-state index contributed by atoms with van der Waals surface area (Å²) in [5.74, 6) is 1.72. The fourth-order valence-electron chi connectivity index (χ4n) is 2.90. The SMILES string of the molecule is CC1(c2noc(C3CCCN3)n2)CCCC1. The lowest BCUT2D eigenvalue weighted by molar-refractivity contribution is 0.330. The van der Waals surface area contributed by atoms with Crippen molar-refractivity contribution in [2.45, 2.75) is 56.9 Å². The van der Waals surface area contributed by atoms with Crippen molar-refractivity contribution < 1.29 is 4.52 Å². The molecular formula is C12H19N3O. The normalized spacial score (nSPS) is 28.7. The summed E-state index contributed by atoms with van der Waals surface area (Å²) in [5, 5.41) is 7.58. The van der Waals surface area contributed by atoms with Crippen molar-refractivity contribution >= 4 is 0 Å². The molecule has 2 fully saturated rings. The zero-order valence-corrected chi connectivity index (χ0v) is 9.83. The van der Waals surface area contributed by atoms with E-state index in [2.05, 4.69) is 22.4 Å². The van der Waals surface area contributed by atoms with E-state index < -0.39 is 0 Å². The van der Waals surface area contributed by atoms with Gasteiger partial charge >= 0.3 is 0 Å². The van der Waals surface area contributed by atoms with E-state index in [0.717, 1.165) is 24.7 Å². The Morgan fingerprint density at radius 1 is 1.31 bits per heavy atom. The minimum Gasteiger partial charge on any atom is -0.338 e. The lowest BCUT2D eigenvalue weighted by Crippen LogP contribution is -2.19. The molecule has 88 valence electrons. The summed E-state index contributed by atoms with van der Waals surface area (Å²) in [6.45, 7) is 3.33. The third-order valence-corrected chi connectivity index (χ3v) is 4.05. The Labute approximate surface area is 95.8 Å². The van der Waals surface area contributed by atoms with E-state index in [0.29, 0.717) is 6.04 Å². The summed E-state index contributed by atoms with van der Waals surface area (Å²) < 4.78 is 5.40. The second kappa shape index (κ2) is 3.84. The molecule has 1 aliphatic carbocycles. The lowest BCUT2D eigenvalue weighted by atomic mass is 9.88. The fraction of sp³-hybridized carbons (Fsp3) is 0.833. The van der Waals surface area contributed by atoms with Gasteiger partial charge in [0.15, 0.2) is 5.82 Å². The van der Waals surface area contributed by atoms with Crippen LogP contribution in [0.3, 0.4) is 0 Å². The summed E-state index contributed by atoms with van der Waals surface area (Å²) >= 11 is 0. The fourth-order valence-corrected chi connectivity index (χ4v) is 2.90. The average molecular weight is 221 g/mol. The van der Waals surface area contributed by atoms with Crippen LogP contribution in [0, 0.1) is 0 Å². The molecule has 1 saturated carbocycles. The maximum absolute atomic E-state index is 5.40. The predicted molar refractivity (Wildman–Crippen MR) is 60.1 cm³/mol. The summed E-state index contributed by atoms with van der Waals surface area (Å²) in [5.41, 5.74) is 0.167. The first-order chi connectivity index (χ1) is 7.78. The summed E-state index contributed by atoms with van der Waals surface area (Å²) in [7, 11) is 0. The summed E-state index contributed by atoms with van der Waals surface area (Å²) in [6, 6.07) is 0.297. The van der Waals surface area contributed by atoms with Crippen molar-refractivity contribution in [2.24, 2.45) is 0 Å². The van der Waals surface area contributed by atoms with Crippen LogP contribution in [0.25, 0.3) is 0 Å². The highest BCUT2D eigenvalue weighted by molar-refractivity contribution is 5.08. The van der Waals surface area contributed by atoms with Crippen LogP contribution in [-0.4, -0.2) is 16.7 Å². The van der Waals surface area contributed by atoms with Crippen molar-refractivity contribution in [1.29, 1.82) is 0 Å². The molecule has 3 rings (SSSR count). The van der Waals surface area contributed by atoms with Crippen LogP contribution in [0.5, 0.6) is 0 Å². The van der Waals surface area contributed by atoms with Gasteiger partial charge in [-0.3, -0.25) is 0 Å². The van der Waals surface area contributed by atoms with E-state index >= 15 is 0 Å². The molecule has 16 heavy (non-hydrogen) atoms. The number of nitrogens with one attached hydrogen (secondary N) is 1. The van der Waals surface area contributed by atoms with Crippen LogP contribution < -0.4 is 5.32 Å². The standard InChI is InChI=1S/C12H19N3O/c1-12(6-2-3-7-12)11-14-10(16-15-11)9-5-4-8-13-9/h9,13H,2-8H2,1H3. The monoisotopic (exact) mass is 221 g/mol. The quantitative estimate of drug-likeness (QED) is 0.832. The smallest absolute Gasteiger partial charge is 0.243 e. The van der Waals surface area contributed by atoms with Gasteiger partial charge in [-0.05, 0) is 32.2 Å². The van der Waals surface area contributed by atoms with Gasteiger partial charge in [0, 0.05) is 5.41 Å².